The second-order valence-corrected chi connectivity index (χ2v) is 20.4. The number of ketones is 2. The van der Waals surface area contributed by atoms with E-state index in [2.05, 4.69) is 33.5 Å². The van der Waals surface area contributed by atoms with E-state index in [-0.39, 0.29) is 61.6 Å². The molecule has 8 N–H and O–H groups in total. The van der Waals surface area contributed by atoms with Gasteiger partial charge in [0.15, 0.2) is 17.3 Å². The van der Waals surface area contributed by atoms with Crippen LogP contribution in [0, 0.1) is 11.8 Å². The van der Waals surface area contributed by atoms with Crippen molar-refractivity contribution in [3.05, 3.63) is 176 Å². The van der Waals surface area contributed by atoms with Gasteiger partial charge in [0.25, 0.3) is 0 Å². The normalized spacial score (nSPS) is 22.1. The molecule has 0 radical (unpaired) electrons. The number of H-pyrrole nitrogens is 2. The second kappa shape index (κ2) is 21.0. The van der Waals surface area contributed by atoms with Gasteiger partial charge in [-0.2, -0.15) is 0 Å². The van der Waals surface area contributed by atoms with Crippen LogP contribution in [0.2, 0.25) is 0 Å². The Bertz CT molecular complexity index is 2940. The molecule has 368 valence electrons. The van der Waals surface area contributed by atoms with Gasteiger partial charge in [-0.05, 0) is 151 Å². The lowest BCUT2D eigenvalue weighted by molar-refractivity contribution is -0.135. The number of aromatic nitrogens is 2. The fourth-order valence-electron chi connectivity index (χ4n) is 11.8. The number of aliphatic hydroxyl groups is 3. The molecule has 4 aromatic carbocycles. The van der Waals surface area contributed by atoms with Gasteiger partial charge in [0.2, 0.25) is 0 Å². The van der Waals surface area contributed by atoms with E-state index in [1.807, 2.05) is 79.1 Å². The monoisotopic (exact) mass is 955 g/mol. The summed E-state index contributed by atoms with van der Waals surface area (Å²) in [5.74, 6) is -1.73. The predicted molar refractivity (Wildman–Crippen MR) is 276 cm³/mol. The summed E-state index contributed by atoms with van der Waals surface area (Å²) >= 11 is 0. The summed E-state index contributed by atoms with van der Waals surface area (Å²) in [5.41, 5.74) is 9.17. The minimum absolute atomic E-state index is 0.0238. The third kappa shape index (κ3) is 10.7. The number of phenolic OH excluding ortho intramolecular Hbond substituents is 2. The summed E-state index contributed by atoms with van der Waals surface area (Å²) in [4.78, 5) is 37.1. The lowest BCUT2D eigenvalue weighted by atomic mass is 9.67. The van der Waals surface area contributed by atoms with E-state index in [1.54, 1.807) is 24.3 Å². The molecule has 11 nitrogen and oxygen atoms in total. The van der Waals surface area contributed by atoms with E-state index >= 15 is 4.79 Å². The summed E-state index contributed by atoms with van der Waals surface area (Å²) in [6.45, 7) is -0.122. The minimum Gasteiger partial charge on any atom is -0.507 e. The first-order chi connectivity index (χ1) is 34.5. The first-order valence-electron chi connectivity index (χ1n) is 25.5. The molecule has 0 spiro atoms. The number of carbonyl (C=O) groups is 2. The Kier molecular flexibility index (Phi) is 14.2. The number of aromatic amines is 2. The zero-order valence-electron chi connectivity index (χ0n) is 40.2. The third-order valence-corrected chi connectivity index (χ3v) is 15.5. The lowest BCUT2D eigenvalue weighted by Crippen LogP contribution is -2.40. The van der Waals surface area contributed by atoms with Crippen molar-refractivity contribution < 1.29 is 39.9 Å². The SMILES string of the molecule is O=C1CCc2cc(c(O)c(OC3CCCC3)c2)Cc2ccc(CC(O)Cc3ccccc3)c(c2)Cc2cc[nH]c2NCC2=Cc3[nH]ccc3C(CC3(O)C=Cc4c(O)cccc4CC3)C2C(=O)C1CCO. The Hall–Kier alpha value is -6.66. The molecule has 1 fully saturated rings. The quantitative estimate of drug-likeness (QED) is 0.0619. The van der Waals surface area contributed by atoms with E-state index < -0.39 is 29.5 Å². The summed E-state index contributed by atoms with van der Waals surface area (Å²) in [6.07, 6.45) is 15.7. The molecule has 5 atom stereocenters. The van der Waals surface area contributed by atoms with Crippen molar-refractivity contribution in [3.63, 3.8) is 0 Å². The molecule has 4 aliphatic rings. The summed E-state index contributed by atoms with van der Waals surface area (Å²) < 4.78 is 6.50. The molecule has 3 aliphatic carbocycles. The number of hydrogen-bond donors (Lipinski definition) is 8. The van der Waals surface area contributed by atoms with Gasteiger partial charge in [0.1, 0.15) is 17.4 Å². The molecule has 1 saturated carbocycles. The smallest absolute Gasteiger partial charge is 0.161 e. The van der Waals surface area contributed by atoms with Crippen molar-refractivity contribution in [2.24, 2.45) is 11.8 Å². The first kappa shape index (κ1) is 48.0. The molecule has 71 heavy (non-hydrogen) atoms. The molecule has 1 aliphatic heterocycles. The van der Waals surface area contributed by atoms with Gasteiger partial charge < -0.3 is 45.6 Å². The fourth-order valence-corrected chi connectivity index (χ4v) is 11.8. The fraction of sp³-hybridized carbons (Fsp3) is 0.367. The Labute approximate surface area is 415 Å². The lowest BCUT2D eigenvalue weighted by Gasteiger charge is -2.38. The predicted octanol–water partition coefficient (Wildman–Crippen LogP) is 9.48. The maximum atomic E-state index is 15.6. The number of benzene rings is 4. The van der Waals surface area contributed by atoms with Gasteiger partial charge in [-0.3, -0.25) is 9.59 Å². The highest BCUT2D eigenvalue weighted by Crippen LogP contribution is 2.47. The molecule has 0 amide bonds. The topological polar surface area (TPSA) is 188 Å². The number of fused-ring (bicyclic) bond motifs is 8. The molecule has 2 aromatic heterocycles. The number of rotatable bonds is 10. The van der Waals surface area contributed by atoms with Crippen molar-refractivity contribution in [2.75, 3.05) is 18.5 Å². The Morgan fingerprint density at radius 1 is 0.789 bits per heavy atom. The van der Waals surface area contributed by atoms with E-state index in [9.17, 15) is 30.3 Å². The van der Waals surface area contributed by atoms with Gasteiger partial charge in [0, 0.05) is 73.5 Å². The average molecular weight is 956 g/mol. The van der Waals surface area contributed by atoms with Gasteiger partial charge in [-0.15, -0.1) is 0 Å². The largest absolute Gasteiger partial charge is 0.507 e. The van der Waals surface area contributed by atoms with Crippen LogP contribution in [0.25, 0.3) is 12.2 Å². The summed E-state index contributed by atoms with van der Waals surface area (Å²) in [7, 11) is 0. The van der Waals surface area contributed by atoms with Crippen LogP contribution in [0.15, 0.2) is 115 Å². The van der Waals surface area contributed by atoms with Crippen LogP contribution in [0.3, 0.4) is 0 Å². The van der Waals surface area contributed by atoms with E-state index in [0.29, 0.717) is 61.8 Å². The Morgan fingerprint density at radius 3 is 2.44 bits per heavy atom. The van der Waals surface area contributed by atoms with Gasteiger partial charge >= 0.3 is 0 Å². The van der Waals surface area contributed by atoms with Gasteiger partial charge in [-0.25, -0.2) is 0 Å². The Balaban J connectivity index is 1.05. The molecule has 5 unspecified atom stereocenters. The maximum Gasteiger partial charge on any atom is 0.161 e. The average Bonchev–Trinajstić information content (AvgIpc) is 4.14. The van der Waals surface area contributed by atoms with Crippen molar-refractivity contribution in [1.29, 1.82) is 0 Å². The van der Waals surface area contributed by atoms with Crippen LogP contribution in [0.1, 0.15) is 119 Å². The third-order valence-electron chi connectivity index (χ3n) is 15.5. The van der Waals surface area contributed by atoms with Gasteiger partial charge in [0.05, 0.1) is 23.7 Å². The van der Waals surface area contributed by atoms with E-state index in [1.165, 1.54) is 0 Å². The van der Waals surface area contributed by atoms with Crippen LogP contribution in [0.4, 0.5) is 5.82 Å². The maximum absolute atomic E-state index is 15.6. The number of aromatic hydroxyl groups is 2. The van der Waals surface area contributed by atoms with Crippen LogP contribution >= 0.6 is 0 Å². The number of ether oxygens (including phenoxy) is 1. The number of anilines is 1. The van der Waals surface area contributed by atoms with Crippen LogP contribution < -0.4 is 10.1 Å². The molecular weight excluding hydrogens is 891 g/mol. The standard InChI is InChI=1S/C60H65N3O8/c64-26-21-50-54(67)16-14-39-29-44(57(68)55(31-39)71-47-10-4-5-11-47)28-38-13-15-41(33-46(65)30-37-7-2-1-3-8-37)43(27-38)32-42-19-24-62-59(42)63-36-45-34-52-49(20-25-61-52)51(56(45)58(50)69)35-60(70)22-17-40-9-6-12-53(66)48(40)18-23-60/h1-3,6-9,12-13,15,18-20,23-25,27,29,31,34,46-47,50-51,56,61-66,68,70H,4-5,10-11,14,16-17,21-22,26,28,30,32-33,35-36H2. The molecule has 0 saturated heterocycles. The first-order valence-corrected chi connectivity index (χ1v) is 25.5. The number of Topliss-reactive ketones (excluding diaryl/α,β-unsaturated/α-hetero) is 2. The summed E-state index contributed by atoms with van der Waals surface area (Å²) in [5, 5.41) is 60.9. The number of nitrogens with one attached hydrogen (secondary N) is 3. The highest BCUT2D eigenvalue weighted by molar-refractivity contribution is 6.05. The molecular formula is C60H65N3O8. The Morgan fingerprint density at radius 2 is 1.61 bits per heavy atom. The number of aryl methyl sites for hydroxylation is 2. The second-order valence-electron chi connectivity index (χ2n) is 20.4. The zero-order valence-corrected chi connectivity index (χ0v) is 40.2. The molecule has 4 bridgehead atoms. The van der Waals surface area contributed by atoms with Crippen molar-refractivity contribution in [2.45, 2.75) is 114 Å². The molecule has 6 aromatic rings. The van der Waals surface area contributed by atoms with E-state index in [0.717, 1.165) is 87.3 Å². The van der Waals surface area contributed by atoms with Crippen LogP contribution in [-0.4, -0.2) is 78.0 Å². The zero-order chi connectivity index (χ0) is 49.1. The molecule has 11 heteroatoms. The van der Waals surface area contributed by atoms with Crippen molar-refractivity contribution in [1.82, 2.24) is 9.97 Å². The van der Waals surface area contributed by atoms with Crippen molar-refractivity contribution in [3.8, 4) is 17.2 Å². The summed E-state index contributed by atoms with van der Waals surface area (Å²) in [6, 6.07) is 29.5. The van der Waals surface area contributed by atoms with Crippen LogP contribution in [0.5, 0.6) is 17.2 Å². The van der Waals surface area contributed by atoms with E-state index in [4.69, 9.17) is 4.74 Å². The number of aliphatic hydroxyl groups excluding tert-OH is 2. The number of hydrogen-bond acceptors (Lipinski definition) is 9. The van der Waals surface area contributed by atoms with Gasteiger partial charge in [-0.1, -0.05) is 78.9 Å². The molecule has 3 heterocycles. The number of phenols is 2. The van der Waals surface area contributed by atoms with Crippen LogP contribution in [-0.2, 0) is 48.1 Å². The highest BCUT2D eigenvalue weighted by Gasteiger charge is 2.45. The number of carbonyl (C=O) groups excluding carboxylic acids is 2. The van der Waals surface area contributed by atoms with Crippen molar-refractivity contribution >= 4 is 29.5 Å². The highest BCUT2D eigenvalue weighted by atomic mass is 16.5. The minimum atomic E-state index is -1.37. The molecule has 10 rings (SSSR count).